The summed E-state index contributed by atoms with van der Waals surface area (Å²) in [7, 11) is 0. The van der Waals surface area contributed by atoms with Crippen LogP contribution in [-0.4, -0.2) is 15.1 Å². The molecule has 0 unspecified atom stereocenters. The first kappa shape index (κ1) is 16.2. The highest BCUT2D eigenvalue weighted by atomic mass is 16.3. The number of aromatic hydroxyl groups is 1. The molecule has 2 heterocycles. The highest BCUT2D eigenvalue weighted by Crippen LogP contribution is 2.29. The Balaban J connectivity index is 1.98. The third-order valence-electron chi connectivity index (χ3n) is 4.32. The Morgan fingerprint density at radius 1 is 1.17 bits per heavy atom. The van der Waals surface area contributed by atoms with Gasteiger partial charge in [0.25, 0.3) is 0 Å². The second kappa shape index (κ2) is 6.44. The molecule has 1 aromatic carbocycles. The van der Waals surface area contributed by atoms with Gasteiger partial charge in [-0.3, -0.25) is 4.98 Å². The summed E-state index contributed by atoms with van der Waals surface area (Å²) in [5.74, 6) is 0.678. The van der Waals surface area contributed by atoms with E-state index < -0.39 is 0 Å². The molecule has 0 fully saturated rings. The Morgan fingerprint density at radius 3 is 2.50 bits per heavy atom. The van der Waals surface area contributed by atoms with Crippen LogP contribution in [0, 0.1) is 6.92 Å². The van der Waals surface area contributed by atoms with E-state index in [0.29, 0.717) is 17.1 Å². The molecule has 0 spiro atoms. The fourth-order valence-electron chi connectivity index (χ4n) is 2.87. The van der Waals surface area contributed by atoms with Gasteiger partial charge in [-0.1, -0.05) is 44.7 Å². The van der Waals surface area contributed by atoms with Gasteiger partial charge in [-0.2, -0.15) is 0 Å². The lowest BCUT2D eigenvalue weighted by Crippen LogP contribution is -1.96. The highest BCUT2D eigenvalue weighted by Gasteiger charge is 2.11. The number of hydrogen-bond acceptors (Lipinski definition) is 3. The minimum atomic E-state index is 0.142. The van der Waals surface area contributed by atoms with Crippen molar-refractivity contribution in [2.24, 2.45) is 0 Å². The lowest BCUT2D eigenvalue weighted by Gasteiger charge is -2.10. The van der Waals surface area contributed by atoms with Crippen molar-refractivity contribution in [2.45, 2.75) is 33.1 Å². The van der Waals surface area contributed by atoms with Crippen LogP contribution in [0.2, 0.25) is 0 Å². The molecule has 0 aliphatic carbocycles. The third-order valence-corrected chi connectivity index (χ3v) is 4.32. The van der Waals surface area contributed by atoms with Crippen LogP contribution in [0.4, 0.5) is 0 Å². The van der Waals surface area contributed by atoms with E-state index >= 15 is 0 Å². The number of aryl methyl sites for hydroxylation is 1. The van der Waals surface area contributed by atoms with Crippen molar-refractivity contribution in [3.8, 4) is 5.75 Å². The Morgan fingerprint density at radius 2 is 1.88 bits per heavy atom. The van der Waals surface area contributed by atoms with E-state index in [1.807, 2.05) is 12.3 Å². The van der Waals surface area contributed by atoms with Gasteiger partial charge in [-0.25, -0.2) is 4.98 Å². The van der Waals surface area contributed by atoms with Crippen LogP contribution in [0.5, 0.6) is 5.75 Å². The van der Waals surface area contributed by atoms with Crippen molar-refractivity contribution in [1.29, 1.82) is 0 Å². The molecule has 3 aromatic rings. The van der Waals surface area contributed by atoms with E-state index in [-0.39, 0.29) is 5.75 Å². The number of fused-ring (bicyclic) bond motifs is 1. The predicted octanol–water partition coefficient (Wildman–Crippen LogP) is 5.00. The smallest absolute Gasteiger partial charge is 0.163 e. The van der Waals surface area contributed by atoms with E-state index in [9.17, 15) is 5.11 Å². The van der Waals surface area contributed by atoms with Gasteiger partial charge in [0, 0.05) is 11.6 Å². The number of rotatable bonds is 4. The lowest BCUT2D eigenvalue weighted by atomic mass is 9.99. The van der Waals surface area contributed by atoms with Gasteiger partial charge in [0.2, 0.25) is 0 Å². The number of pyridine rings is 2. The fraction of sp³-hybridized carbons (Fsp3) is 0.238. The van der Waals surface area contributed by atoms with E-state index in [0.717, 1.165) is 23.1 Å². The Bertz CT molecular complexity index is 896. The molecular weight excluding hydrogens is 296 g/mol. The molecule has 0 radical (unpaired) electrons. The maximum atomic E-state index is 10.2. The monoisotopic (exact) mass is 318 g/mol. The van der Waals surface area contributed by atoms with E-state index in [1.54, 1.807) is 13.0 Å². The molecule has 0 bridgehead atoms. The van der Waals surface area contributed by atoms with Crippen molar-refractivity contribution in [1.82, 2.24) is 9.97 Å². The number of hydrogen-bond donors (Lipinski definition) is 1. The molecule has 1 N–H and O–H groups in total. The van der Waals surface area contributed by atoms with Crippen LogP contribution in [0.25, 0.3) is 17.0 Å². The van der Waals surface area contributed by atoms with Crippen LogP contribution < -0.4 is 0 Å². The summed E-state index contributed by atoms with van der Waals surface area (Å²) in [6, 6.07) is 10.7. The van der Waals surface area contributed by atoms with Gasteiger partial charge >= 0.3 is 0 Å². The van der Waals surface area contributed by atoms with Gasteiger partial charge in [-0.05, 0) is 48.1 Å². The van der Waals surface area contributed by atoms with Gasteiger partial charge < -0.3 is 5.11 Å². The van der Waals surface area contributed by atoms with Crippen molar-refractivity contribution < 1.29 is 5.11 Å². The second-order valence-corrected chi connectivity index (χ2v) is 6.45. The zero-order chi connectivity index (χ0) is 17.3. The standard InChI is InChI=1S/C21H22N2O/c1-5-19-18-11-16(12-22-20(18)21(24)14(4)23-19)10-15-6-8-17(9-7-15)13(2)3/h5-9,11-13,24H,1,10H2,2-4H3. The largest absolute Gasteiger partial charge is 0.504 e. The van der Waals surface area contributed by atoms with Crippen molar-refractivity contribution in [3.05, 3.63) is 71.2 Å². The fourth-order valence-corrected chi connectivity index (χ4v) is 2.87. The first-order chi connectivity index (χ1) is 11.5. The van der Waals surface area contributed by atoms with Crippen LogP contribution in [0.15, 0.2) is 43.1 Å². The van der Waals surface area contributed by atoms with E-state index in [4.69, 9.17) is 0 Å². The normalized spacial score (nSPS) is 11.2. The number of aromatic nitrogens is 2. The Hall–Kier alpha value is -2.68. The molecular formula is C21H22N2O. The quantitative estimate of drug-likeness (QED) is 0.736. The minimum Gasteiger partial charge on any atom is -0.504 e. The van der Waals surface area contributed by atoms with Gasteiger partial charge in [0.1, 0.15) is 5.52 Å². The number of benzene rings is 1. The summed E-state index contributed by atoms with van der Waals surface area (Å²) >= 11 is 0. The SMILES string of the molecule is C=Cc1nc(C)c(O)c2ncc(Cc3ccc(C(C)C)cc3)cc12. The molecule has 0 aliphatic heterocycles. The Kier molecular flexibility index (Phi) is 4.34. The summed E-state index contributed by atoms with van der Waals surface area (Å²) in [6.45, 7) is 9.98. The molecule has 3 nitrogen and oxygen atoms in total. The molecule has 3 heteroatoms. The molecule has 0 atom stereocenters. The van der Waals surface area contributed by atoms with E-state index in [2.05, 4.69) is 54.7 Å². The van der Waals surface area contributed by atoms with Crippen LogP contribution in [0.1, 0.15) is 47.8 Å². The number of nitrogens with zero attached hydrogens (tertiary/aromatic N) is 2. The zero-order valence-corrected chi connectivity index (χ0v) is 14.4. The van der Waals surface area contributed by atoms with Crippen molar-refractivity contribution in [3.63, 3.8) is 0 Å². The molecule has 122 valence electrons. The molecule has 2 aromatic heterocycles. The molecule has 0 saturated carbocycles. The summed E-state index contributed by atoms with van der Waals surface area (Å²) in [4.78, 5) is 8.84. The van der Waals surface area contributed by atoms with Crippen LogP contribution in [0.3, 0.4) is 0 Å². The topological polar surface area (TPSA) is 46.0 Å². The third kappa shape index (κ3) is 3.02. The minimum absolute atomic E-state index is 0.142. The first-order valence-corrected chi connectivity index (χ1v) is 8.19. The molecule has 3 rings (SSSR count). The molecule has 0 amide bonds. The molecule has 24 heavy (non-hydrogen) atoms. The summed E-state index contributed by atoms with van der Waals surface area (Å²) in [5, 5.41) is 11.0. The predicted molar refractivity (Wildman–Crippen MR) is 99.4 cm³/mol. The summed E-state index contributed by atoms with van der Waals surface area (Å²) < 4.78 is 0. The maximum Gasteiger partial charge on any atom is 0.163 e. The summed E-state index contributed by atoms with van der Waals surface area (Å²) in [5.41, 5.74) is 5.58. The molecule has 0 aliphatic rings. The lowest BCUT2D eigenvalue weighted by molar-refractivity contribution is 0.473. The highest BCUT2D eigenvalue weighted by molar-refractivity contribution is 5.91. The average molecular weight is 318 g/mol. The van der Waals surface area contributed by atoms with Crippen molar-refractivity contribution >= 4 is 17.0 Å². The molecule has 0 saturated heterocycles. The maximum absolute atomic E-state index is 10.2. The van der Waals surface area contributed by atoms with Crippen LogP contribution in [-0.2, 0) is 6.42 Å². The van der Waals surface area contributed by atoms with E-state index in [1.165, 1.54) is 11.1 Å². The first-order valence-electron chi connectivity index (χ1n) is 8.19. The average Bonchev–Trinajstić information content (AvgIpc) is 2.58. The zero-order valence-electron chi connectivity index (χ0n) is 14.4. The van der Waals surface area contributed by atoms with Gasteiger partial charge in [0.05, 0.1) is 11.4 Å². The van der Waals surface area contributed by atoms with Gasteiger partial charge in [0.15, 0.2) is 5.75 Å². The van der Waals surface area contributed by atoms with Crippen LogP contribution >= 0.6 is 0 Å². The van der Waals surface area contributed by atoms with Gasteiger partial charge in [-0.15, -0.1) is 0 Å². The summed E-state index contributed by atoms with van der Waals surface area (Å²) in [6.07, 6.45) is 4.33. The Labute approximate surface area is 142 Å². The van der Waals surface area contributed by atoms with Crippen molar-refractivity contribution in [2.75, 3.05) is 0 Å². The second-order valence-electron chi connectivity index (χ2n) is 6.45.